The fraction of sp³-hybridized carbons (Fsp3) is 0. The van der Waals surface area contributed by atoms with E-state index in [4.69, 9.17) is 8.83 Å². The Labute approximate surface area is 388 Å². The topological polar surface area (TPSA) is 29.5 Å². The molecular formula is C64H41NO2. The molecular weight excluding hydrogens is 815 g/mol. The Morgan fingerprint density at radius 3 is 1.13 bits per heavy atom. The van der Waals surface area contributed by atoms with Gasteiger partial charge in [0.2, 0.25) is 0 Å². The van der Waals surface area contributed by atoms with E-state index in [0.717, 1.165) is 72.1 Å². The highest BCUT2D eigenvalue weighted by molar-refractivity contribution is 6.22. The van der Waals surface area contributed by atoms with Gasteiger partial charge in [-0.1, -0.05) is 188 Å². The standard InChI is InChI=1S/C64H41NO2/c1-5-18-43(19-6-1)60-55-29-17-28-50(64(55)63(46-24-11-4-12-25-46)62(45-22-9-3-10-23-45)61(60)44-20-7-2-8-21-44)42-32-34-47(35-33-42)65(48-36-38-53-51-26-13-15-30-56(51)66-58(53)40-48)49-37-39-54-52-27-14-16-31-57(52)67-59(54)41-49/h1-41H. The average Bonchev–Trinajstić information content (AvgIpc) is 3.97. The van der Waals surface area contributed by atoms with Crippen LogP contribution in [0.5, 0.6) is 0 Å². The molecule has 0 aliphatic carbocycles. The molecule has 0 atom stereocenters. The van der Waals surface area contributed by atoms with Crippen molar-refractivity contribution in [2.75, 3.05) is 4.90 Å². The van der Waals surface area contributed by atoms with E-state index in [2.05, 4.69) is 229 Å². The molecule has 0 spiro atoms. The molecule has 13 aromatic rings. The van der Waals surface area contributed by atoms with E-state index >= 15 is 0 Å². The van der Waals surface area contributed by atoms with Crippen LogP contribution in [0.15, 0.2) is 258 Å². The van der Waals surface area contributed by atoms with Gasteiger partial charge in [0.05, 0.1) is 0 Å². The van der Waals surface area contributed by atoms with Crippen LogP contribution in [-0.2, 0) is 0 Å². The third-order valence-corrected chi connectivity index (χ3v) is 13.3. The average molecular weight is 856 g/mol. The van der Waals surface area contributed by atoms with Crippen LogP contribution in [0.25, 0.3) is 110 Å². The van der Waals surface area contributed by atoms with Crippen molar-refractivity contribution in [3.63, 3.8) is 0 Å². The molecule has 314 valence electrons. The maximum atomic E-state index is 6.47. The number of hydrogen-bond donors (Lipinski definition) is 0. The van der Waals surface area contributed by atoms with Crippen LogP contribution < -0.4 is 4.90 Å². The molecule has 3 nitrogen and oxygen atoms in total. The molecule has 0 unspecified atom stereocenters. The quantitative estimate of drug-likeness (QED) is 0.152. The highest BCUT2D eigenvalue weighted by atomic mass is 16.3. The van der Waals surface area contributed by atoms with Crippen LogP contribution >= 0.6 is 0 Å². The van der Waals surface area contributed by atoms with E-state index in [9.17, 15) is 0 Å². The highest BCUT2D eigenvalue weighted by Crippen LogP contribution is 2.53. The molecule has 2 aromatic heterocycles. The van der Waals surface area contributed by atoms with E-state index in [1.165, 1.54) is 55.3 Å². The second-order valence-corrected chi connectivity index (χ2v) is 17.1. The Bertz CT molecular complexity index is 3830. The number of nitrogens with zero attached hydrogens (tertiary/aromatic N) is 1. The lowest BCUT2D eigenvalue weighted by molar-refractivity contribution is 0.669. The number of benzene rings is 11. The molecule has 0 aliphatic rings. The van der Waals surface area contributed by atoms with Crippen LogP contribution in [0.1, 0.15) is 0 Å². The summed E-state index contributed by atoms with van der Waals surface area (Å²) in [4.78, 5) is 2.30. The number of furan rings is 2. The van der Waals surface area contributed by atoms with Crippen molar-refractivity contribution < 1.29 is 8.83 Å². The van der Waals surface area contributed by atoms with Gasteiger partial charge < -0.3 is 13.7 Å². The van der Waals surface area contributed by atoms with Crippen LogP contribution in [0.3, 0.4) is 0 Å². The Hall–Kier alpha value is -8.92. The summed E-state index contributed by atoms with van der Waals surface area (Å²) in [7, 11) is 0. The zero-order chi connectivity index (χ0) is 44.3. The molecule has 0 fully saturated rings. The van der Waals surface area contributed by atoms with Crippen LogP contribution in [0.2, 0.25) is 0 Å². The van der Waals surface area contributed by atoms with Crippen LogP contribution in [-0.4, -0.2) is 0 Å². The maximum absolute atomic E-state index is 6.47. The van der Waals surface area contributed by atoms with Crippen molar-refractivity contribution in [2.24, 2.45) is 0 Å². The summed E-state index contributed by atoms with van der Waals surface area (Å²) in [6.45, 7) is 0. The van der Waals surface area contributed by atoms with Crippen molar-refractivity contribution >= 4 is 71.7 Å². The normalized spacial score (nSPS) is 11.6. The Kier molecular flexibility index (Phi) is 9.17. The largest absolute Gasteiger partial charge is 0.456 e. The first-order chi connectivity index (χ1) is 33.2. The van der Waals surface area contributed by atoms with Gasteiger partial charge in [-0.05, 0) is 115 Å². The molecule has 0 saturated carbocycles. The molecule has 3 heteroatoms. The summed E-state index contributed by atoms with van der Waals surface area (Å²) >= 11 is 0. The molecule has 67 heavy (non-hydrogen) atoms. The van der Waals surface area contributed by atoms with Gasteiger partial charge in [-0.15, -0.1) is 0 Å². The lowest BCUT2D eigenvalue weighted by Crippen LogP contribution is -2.09. The summed E-state index contributed by atoms with van der Waals surface area (Å²) in [6.07, 6.45) is 0. The third-order valence-electron chi connectivity index (χ3n) is 13.3. The molecule has 2 heterocycles. The van der Waals surface area contributed by atoms with Crippen molar-refractivity contribution in [1.29, 1.82) is 0 Å². The molecule has 0 amide bonds. The van der Waals surface area contributed by atoms with E-state index in [1.54, 1.807) is 0 Å². The van der Waals surface area contributed by atoms with Gasteiger partial charge >= 0.3 is 0 Å². The number of rotatable bonds is 8. The fourth-order valence-corrected chi connectivity index (χ4v) is 10.3. The monoisotopic (exact) mass is 855 g/mol. The Morgan fingerprint density at radius 2 is 0.627 bits per heavy atom. The molecule has 0 radical (unpaired) electrons. The summed E-state index contributed by atoms with van der Waals surface area (Å²) in [6, 6.07) is 89.1. The molecule has 13 rings (SSSR count). The van der Waals surface area contributed by atoms with Crippen molar-refractivity contribution in [3.05, 3.63) is 249 Å². The summed E-state index contributed by atoms with van der Waals surface area (Å²) in [5, 5.41) is 6.80. The lowest BCUT2D eigenvalue weighted by atomic mass is 9.77. The minimum atomic E-state index is 0.840. The molecule has 0 saturated heterocycles. The minimum absolute atomic E-state index is 0.840. The van der Waals surface area contributed by atoms with Gasteiger partial charge in [-0.3, -0.25) is 0 Å². The summed E-state index contributed by atoms with van der Waals surface area (Å²) in [5.74, 6) is 0. The SMILES string of the molecule is c1ccc(-c2c(-c3ccccc3)c(-c3ccccc3)c3c(-c4ccc(N(c5ccc6c(c5)oc5ccccc56)c5ccc6c(c5)oc5ccccc56)cc4)cccc3c2-c2ccccc2)cc1. The predicted octanol–water partition coefficient (Wildman–Crippen LogP) is 18.4. The molecule has 0 aliphatic heterocycles. The van der Waals surface area contributed by atoms with E-state index in [1.807, 2.05) is 24.3 Å². The number of fused-ring (bicyclic) bond motifs is 7. The molecule has 11 aromatic carbocycles. The Balaban J connectivity index is 1.05. The number of anilines is 3. The fourth-order valence-electron chi connectivity index (χ4n) is 10.3. The first-order valence-electron chi connectivity index (χ1n) is 22.8. The molecule has 0 bridgehead atoms. The highest BCUT2D eigenvalue weighted by Gasteiger charge is 2.26. The number of hydrogen-bond acceptors (Lipinski definition) is 3. The van der Waals surface area contributed by atoms with Gasteiger partial charge in [0, 0.05) is 50.7 Å². The Morgan fingerprint density at radius 1 is 0.239 bits per heavy atom. The molecule has 0 N–H and O–H groups in total. The predicted molar refractivity (Wildman–Crippen MR) is 280 cm³/mol. The van der Waals surface area contributed by atoms with Crippen LogP contribution in [0, 0.1) is 0 Å². The second kappa shape index (κ2) is 16.0. The van der Waals surface area contributed by atoms with Gasteiger partial charge in [0.15, 0.2) is 0 Å². The summed E-state index contributed by atoms with van der Waals surface area (Å²) in [5.41, 5.74) is 18.2. The van der Waals surface area contributed by atoms with Crippen molar-refractivity contribution in [3.8, 4) is 55.6 Å². The zero-order valence-electron chi connectivity index (χ0n) is 36.4. The van der Waals surface area contributed by atoms with Crippen molar-refractivity contribution in [1.82, 2.24) is 0 Å². The zero-order valence-corrected chi connectivity index (χ0v) is 36.4. The van der Waals surface area contributed by atoms with Crippen molar-refractivity contribution in [2.45, 2.75) is 0 Å². The smallest absolute Gasteiger partial charge is 0.137 e. The number of para-hydroxylation sites is 2. The lowest BCUT2D eigenvalue weighted by Gasteiger charge is -2.27. The van der Waals surface area contributed by atoms with E-state index in [-0.39, 0.29) is 0 Å². The van der Waals surface area contributed by atoms with Gasteiger partial charge in [0.1, 0.15) is 22.3 Å². The summed E-state index contributed by atoms with van der Waals surface area (Å²) < 4.78 is 12.9. The second-order valence-electron chi connectivity index (χ2n) is 17.1. The first-order valence-corrected chi connectivity index (χ1v) is 22.8. The van der Waals surface area contributed by atoms with Crippen LogP contribution in [0.4, 0.5) is 17.1 Å². The maximum Gasteiger partial charge on any atom is 0.137 e. The van der Waals surface area contributed by atoms with Gasteiger partial charge in [-0.25, -0.2) is 0 Å². The third kappa shape index (κ3) is 6.51. The van der Waals surface area contributed by atoms with E-state index < -0.39 is 0 Å². The van der Waals surface area contributed by atoms with Gasteiger partial charge in [0.25, 0.3) is 0 Å². The van der Waals surface area contributed by atoms with Gasteiger partial charge in [-0.2, -0.15) is 0 Å². The van der Waals surface area contributed by atoms with E-state index in [0.29, 0.717) is 0 Å². The minimum Gasteiger partial charge on any atom is -0.456 e. The first kappa shape index (κ1) is 38.5.